The van der Waals surface area contributed by atoms with E-state index in [0.717, 1.165) is 12.1 Å². The summed E-state index contributed by atoms with van der Waals surface area (Å²) in [5.41, 5.74) is 12.2. The molecule has 2 aliphatic heterocycles. The SMILES string of the molecule is c1ccc(-c2ccc3c(c2)Sc2cccc4c2B3c2cc(-n3c5c(c6ccccc63)CCCC5)ccc2S4)nc1. The highest BCUT2D eigenvalue weighted by Gasteiger charge is 2.38. The molecule has 3 aliphatic rings. The Balaban J connectivity index is 1.25. The Hall–Kier alpha value is -3.67. The van der Waals surface area contributed by atoms with E-state index in [-0.39, 0.29) is 6.71 Å². The van der Waals surface area contributed by atoms with Gasteiger partial charge >= 0.3 is 0 Å². The Morgan fingerprint density at radius 2 is 1.52 bits per heavy atom. The van der Waals surface area contributed by atoms with Crippen LogP contribution in [0, 0.1) is 0 Å². The second kappa shape index (κ2) is 8.92. The van der Waals surface area contributed by atoms with Gasteiger partial charge in [0.05, 0.1) is 11.2 Å². The average Bonchev–Trinajstić information content (AvgIpc) is 3.35. The van der Waals surface area contributed by atoms with Crippen LogP contribution in [0.5, 0.6) is 0 Å². The van der Waals surface area contributed by atoms with Crippen molar-refractivity contribution in [2.24, 2.45) is 0 Å². The zero-order valence-corrected chi connectivity index (χ0v) is 23.6. The first kappa shape index (κ1) is 23.1. The van der Waals surface area contributed by atoms with Crippen LogP contribution in [0.25, 0.3) is 27.8 Å². The van der Waals surface area contributed by atoms with Gasteiger partial charge in [0.1, 0.15) is 0 Å². The first-order valence-electron chi connectivity index (χ1n) is 14.1. The lowest BCUT2D eigenvalue weighted by atomic mass is 9.36. The number of fused-ring (bicyclic) bond motifs is 7. The van der Waals surface area contributed by atoms with E-state index in [4.69, 9.17) is 0 Å². The third kappa shape index (κ3) is 3.37. The fourth-order valence-corrected chi connectivity index (χ4v) is 9.47. The van der Waals surface area contributed by atoms with Crippen LogP contribution in [-0.2, 0) is 12.8 Å². The lowest BCUT2D eigenvalue weighted by Crippen LogP contribution is -2.58. The minimum Gasteiger partial charge on any atom is -0.313 e. The molecular formula is C35H25BN2S2. The van der Waals surface area contributed by atoms with Crippen molar-refractivity contribution in [3.05, 3.63) is 115 Å². The van der Waals surface area contributed by atoms with Gasteiger partial charge in [0.2, 0.25) is 6.71 Å². The van der Waals surface area contributed by atoms with Gasteiger partial charge in [-0.3, -0.25) is 4.98 Å². The quantitative estimate of drug-likeness (QED) is 0.216. The lowest BCUT2D eigenvalue weighted by Gasteiger charge is -2.33. The number of nitrogens with zero attached hydrogens (tertiary/aromatic N) is 2. The van der Waals surface area contributed by atoms with Crippen LogP contribution >= 0.6 is 23.5 Å². The number of hydrogen-bond acceptors (Lipinski definition) is 3. The molecule has 2 nitrogen and oxygen atoms in total. The average molecular weight is 549 g/mol. The first-order chi connectivity index (χ1) is 19.8. The standard InChI is InChI=1S/C35H25BN2S2/c1-3-11-29-24(8-1)25-9-2-4-12-30(25)38(29)23-16-18-31-27(21-23)36-26-17-15-22(28-10-5-6-19-37-28)20-34(26)40-33-14-7-13-32(39-31)35(33)36/h1,3,5-8,10-11,13-21H,2,4,9,12H2. The molecule has 0 atom stereocenters. The number of rotatable bonds is 2. The van der Waals surface area contributed by atoms with Gasteiger partial charge in [-0.15, -0.1) is 0 Å². The van der Waals surface area contributed by atoms with Gasteiger partial charge in [-0.1, -0.05) is 76.9 Å². The number of para-hydroxylation sites is 1. The van der Waals surface area contributed by atoms with E-state index in [1.54, 1.807) is 5.56 Å². The number of hydrogen-bond donors (Lipinski definition) is 0. The van der Waals surface area contributed by atoms with Crippen molar-refractivity contribution >= 4 is 57.5 Å². The molecule has 0 unspecified atom stereocenters. The molecule has 0 saturated carbocycles. The normalized spacial score (nSPS) is 14.8. The molecule has 0 bridgehead atoms. The third-order valence-corrected chi connectivity index (χ3v) is 11.1. The molecule has 0 fully saturated rings. The molecule has 0 radical (unpaired) electrons. The van der Waals surface area contributed by atoms with E-state index in [9.17, 15) is 0 Å². The van der Waals surface area contributed by atoms with Crippen LogP contribution < -0.4 is 16.4 Å². The second-order valence-electron chi connectivity index (χ2n) is 11.0. The fraction of sp³-hybridized carbons (Fsp3) is 0.114. The smallest absolute Gasteiger partial charge is 0.247 e. The largest absolute Gasteiger partial charge is 0.313 e. The first-order valence-corrected chi connectivity index (χ1v) is 15.8. The van der Waals surface area contributed by atoms with Gasteiger partial charge in [-0.05, 0) is 91.3 Å². The highest BCUT2D eigenvalue weighted by atomic mass is 32.2. The highest BCUT2D eigenvalue weighted by molar-refractivity contribution is 8.01. The maximum Gasteiger partial charge on any atom is 0.247 e. The van der Waals surface area contributed by atoms with Crippen LogP contribution in [-0.4, -0.2) is 16.3 Å². The van der Waals surface area contributed by atoms with E-state index in [1.807, 2.05) is 35.8 Å². The molecule has 4 heterocycles. The molecule has 2 aromatic heterocycles. The molecule has 40 heavy (non-hydrogen) atoms. The van der Waals surface area contributed by atoms with Crippen molar-refractivity contribution in [3.63, 3.8) is 0 Å². The molecular weight excluding hydrogens is 523 g/mol. The predicted octanol–water partition coefficient (Wildman–Crippen LogP) is 7.02. The molecule has 0 amide bonds. The fourth-order valence-electron chi connectivity index (χ4n) is 7.04. The Kier molecular flexibility index (Phi) is 5.15. The Labute approximate surface area is 242 Å². The summed E-state index contributed by atoms with van der Waals surface area (Å²) in [4.78, 5) is 10.1. The summed E-state index contributed by atoms with van der Waals surface area (Å²) in [6.45, 7) is 0.231. The van der Waals surface area contributed by atoms with E-state index >= 15 is 0 Å². The third-order valence-electron chi connectivity index (χ3n) is 8.78. The number of aryl methyl sites for hydroxylation is 1. The molecule has 0 spiro atoms. The maximum absolute atomic E-state index is 4.63. The zero-order chi connectivity index (χ0) is 26.2. The van der Waals surface area contributed by atoms with E-state index in [2.05, 4.69) is 101 Å². The van der Waals surface area contributed by atoms with Gasteiger partial charge < -0.3 is 4.57 Å². The van der Waals surface area contributed by atoms with Crippen molar-refractivity contribution in [3.8, 4) is 16.9 Å². The Morgan fingerprint density at radius 1 is 0.675 bits per heavy atom. The Bertz CT molecular complexity index is 1980. The van der Waals surface area contributed by atoms with Crippen LogP contribution in [0.3, 0.4) is 0 Å². The number of aromatic nitrogens is 2. The molecule has 9 rings (SSSR count). The highest BCUT2D eigenvalue weighted by Crippen LogP contribution is 2.40. The molecule has 0 N–H and O–H groups in total. The molecule has 5 heteroatoms. The van der Waals surface area contributed by atoms with E-state index in [1.165, 1.54) is 83.1 Å². The van der Waals surface area contributed by atoms with Gasteiger partial charge in [0.15, 0.2) is 0 Å². The molecule has 0 saturated heterocycles. The second-order valence-corrected chi connectivity index (χ2v) is 13.1. The van der Waals surface area contributed by atoms with Gasteiger partial charge in [0, 0.05) is 48.1 Å². The summed E-state index contributed by atoms with van der Waals surface area (Å²) >= 11 is 3.84. The van der Waals surface area contributed by atoms with Crippen LogP contribution in [0.15, 0.2) is 123 Å². The van der Waals surface area contributed by atoms with E-state index < -0.39 is 0 Å². The summed E-state index contributed by atoms with van der Waals surface area (Å²) in [6, 6.07) is 36.2. The van der Waals surface area contributed by atoms with Crippen molar-refractivity contribution in [1.82, 2.24) is 9.55 Å². The lowest BCUT2D eigenvalue weighted by molar-refractivity contribution is 0.667. The van der Waals surface area contributed by atoms with Crippen molar-refractivity contribution < 1.29 is 0 Å². The van der Waals surface area contributed by atoms with Crippen molar-refractivity contribution in [2.75, 3.05) is 0 Å². The van der Waals surface area contributed by atoms with Crippen molar-refractivity contribution in [1.29, 1.82) is 0 Å². The van der Waals surface area contributed by atoms with E-state index in [0.29, 0.717) is 0 Å². The van der Waals surface area contributed by atoms with Gasteiger partial charge in [0.25, 0.3) is 0 Å². The van der Waals surface area contributed by atoms with Gasteiger partial charge in [-0.25, -0.2) is 0 Å². The summed E-state index contributed by atoms with van der Waals surface area (Å²) in [7, 11) is 0. The number of pyridine rings is 1. The Morgan fingerprint density at radius 3 is 2.42 bits per heavy atom. The summed E-state index contributed by atoms with van der Waals surface area (Å²) in [5.74, 6) is 0. The van der Waals surface area contributed by atoms with Crippen LogP contribution in [0.2, 0.25) is 0 Å². The molecule has 190 valence electrons. The zero-order valence-electron chi connectivity index (χ0n) is 21.9. The minimum absolute atomic E-state index is 0.231. The molecule has 4 aromatic carbocycles. The number of benzene rings is 4. The maximum atomic E-state index is 4.63. The van der Waals surface area contributed by atoms with Crippen molar-refractivity contribution in [2.45, 2.75) is 45.3 Å². The minimum atomic E-state index is 0.231. The van der Waals surface area contributed by atoms with Crippen LogP contribution in [0.1, 0.15) is 24.1 Å². The molecule has 6 aromatic rings. The summed E-state index contributed by atoms with van der Waals surface area (Å²) < 4.78 is 2.57. The monoisotopic (exact) mass is 548 g/mol. The predicted molar refractivity (Wildman–Crippen MR) is 169 cm³/mol. The van der Waals surface area contributed by atoms with Crippen LogP contribution in [0.4, 0.5) is 0 Å². The summed E-state index contributed by atoms with van der Waals surface area (Å²) in [6.07, 6.45) is 6.78. The topological polar surface area (TPSA) is 17.8 Å². The molecule has 1 aliphatic carbocycles. The van der Waals surface area contributed by atoms with Gasteiger partial charge in [-0.2, -0.15) is 0 Å². The summed E-state index contributed by atoms with van der Waals surface area (Å²) in [5, 5.41) is 1.43.